The highest BCUT2D eigenvalue weighted by molar-refractivity contribution is 5.89. The number of hydrogen-bond donors (Lipinski definition) is 3. The third-order valence-electron chi connectivity index (χ3n) is 2.39. The number of rotatable bonds is 6. The van der Waals surface area contributed by atoms with Crippen molar-refractivity contribution >= 4 is 17.7 Å². The van der Waals surface area contributed by atoms with Crippen LogP contribution in [0, 0.1) is 0 Å². The van der Waals surface area contributed by atoms with Crippen LogP contribution in [-0.2, 0) is 9.53 Å². The highest BCUT2D eigenvalue weighted by atomic mass is 16.7. The first-order chi connectivity index (χ1) is 9.65. The molecule has 1 aromatic rings. The van der Waals surface area contributed by atoms with Crippen LogP contribution in [0.5, 0.6) is 11.5 Å². The molecule has 0 unspecified atom stereocenters. The number of nitrogens with one attached hydrogen (secondary N) is 2. The minimum absolute atomic E-state index is 0.126. The molecule has 20 heavy (non-hydrogen) atoms. The number of carboxylic acid groups (broad SMARTS) is 1. The number of carbonyl (C=O) groups excluding carboxylic acids is 1. The van der Waals surface area contributed by atoms with E-state index in [9.17, 15) is 9.59 Å². The van der Waals surface area contributed by atoms with Gasteiger partial charge in [-0.3, -0.25) is 0 Å². The number of carboxylic acids is 1. The van der Waals surface area contributed by atoms with Crippen LogP contribution >= 0.6 is 0 Å². The Morgan fingerprint density at radius 1 is 1.30 bits per heavy atom. The van der Waals surface area contributed by atoms with E-state index in [-0.39, 0.29) is 26.6 Å². The summed E-state index contributed by atoms with van der Waals surface area (Å²) in [4.78, 5) is 21.7. The second-order valence-corrected chi connectivity index (χ2v) is 3.90. The standard InChI is InChI=1S/C12H14N2O6/c15-11(16)6-18-4-3-13-12(17)14-8-1-2-9-10(5-8)20-7-19-9/h1-2,5H,3-4,6-7H2,(H,15,16)(H2,13,14,17). The van der Waals surface area contributed by atoms with E-state index in [1.54, 1.807) is 18.2 Å². The summed E-state index contributed by atoms with van der Waals surface area (Å²) in [6, 6.07) is 4.63. The second kappa shape index (κ2) is 6.62. The van der Waals surface area contributed by atoms with Gasteiger partial charge in [-0.25, -0.2) is 9.59 Å². The van der Waals surface area contributed by atoms with Crippen LogP contribution in [0.25, 0.3) is 0 Å². The molecule has 8 heteroatoms. The van der Waals surface area contributed by atoms with Gasteiger partial charge in [0, 0.05) is 18.3 Å². The van der Waals surface area contributed by atoms with E-state index in [1.165, 1.54) is 0 Å². The SMILES string of the molecule is O=C(O)COCCNC(=O)Nc1ccc2c(c1)OCO2. The number of hydrogen-bond acceptors (Lipinski definition) is 5. The quantitative estimate of drug-likeness (QED) is 0.661. The van der Waals surface area contributed by atoms with Crippen molar-refractivity contribution in [3.05, 3.63) is 18.2 Å². The molecule has 1 aliphatic heterocycles. The van der Waals surface area contributed by atoms with E-state index >= 15 is 0 Å². The summed E-state index contributed by atoms with van der Waals surface area (Å²) in [5, 5.41) is 13.5. The Morgan fingerprint density at radius 3 is 2.90 bits per heavy atom. The third-order valence-corrected chi connectivity index (χ3v) is 2.39. The van der Waals surface area contributed by atoms with Crippen molar-refractivity contribution in [3.63, 3.8) is 0 Å². The second-order valence-electron chi connectivity index (χ2n) is 3.90. The van der Waals surface area contributed by atoms with Gasteiger partial charge < -0.3 is 30.0 Å². The lowest BCUT2D eigenvalue weighted by molar-refractivity contribution is -0.142. The van der Waals surface area contributed by atoms with Crippen LogP contribution in [0.4, 0.5) is 10.5 Å². The molecule has 3 N–H and O–H groups in total. The monoisotopic (exact) mass is 282 g/mol. The first-order valence-electron chi connectivity index (χ1n) is 5.89. The average molecular weight is 282 g/mol. The topological polar surface area (TPSA) is 106 Å². The Kier molecular flexibility index (Phi) is 4.61. The molecule has 0 spiro atoms. The van der Waals surface area contributed by atoms with Crippen LogP contribution in [0.3, 0.4) is 0 Å². The number of aliphatic carboxylic acids is 1. The van der Waals surface area contributed by atoms with Crippen molar-refractivity contribution in [1.82, 2.24) is 5.32 Å². The summed E-state index contributed by atoms with van der Waals surface area (Å²) in [6.07, 6.45) is 0. The van der Waals surface area contributed by atoms with Gasteiger partial charge in [-0.15, -0.1) is 0 Å². The Labute approximate surface area is 114 Å². The molecule has 2 amide bonds. The van der Waals surface area contributed by atoms with Gasteiger partial charge in [-0.05, 0) is 12.1 Å². The molecule has 8 nitrogen and oxygen atoms in total. The zero-order chi connectivity index (χ0) is 14.4. The predicted octanol–water partition coefficient (Wildman–Crippen LogP) is 0.638. The van der Waals surface area contributed by atoms with Gasteiger partial charge in [-0.1, -0.05) is 0 Å². The van der Waals surface area contributed by atoms with Gasteiger partial charge in [0.2, 0.25) is 6.79 Å². The number of urea groups is 1. The van der Waals surface area contributed by atoms with Crippen molar-refractivity contribution < 1.29 is 28.9 Å². The number of benzene rings is 1. The minimum atomic E-state index is -1.05. The number of fused-ring (bicyclic) bond motifs is 1. The molecule has 1 heterocycles. The van der Waals surface area contributed by atoms with E-state index in [0.717, 1.165) is 0 Å². The zero-order valence-corrected chi connectivity index (χ0v) is 10.5. The van der Waals surface area contributed by atoms with E-state index in [2.05, 4.69) is 10.6 Å². The van der Waals surface area contributed by atoms with E-state index in [0.29, 0.717) is 17.2 Å². The fraction of sp³-hybridized carbons (Fsp3) is 0.333. The molecule has 0 aromatic heterocycles. The molecule has 1 aliphatic rings. The summed E-state index contributed by atoms with van der Waals surface area (Å²) in [5.41, 5.74) is 0.568. The van der Waals surface area contributed by atoms with Crippen molar-refractivity contribution in [1.29, 1.82) is 0 Å². The summed E-state index contributed by atoms with van der Waals surface area (Å²) in [6.45, 7) is 0.127. The first kappa shape index (κ1) is 13.9. The lowest BCUT2D eigenvalue weighted by Crippen LogP contribution is -2.31. The Morgan fingerprint density at radius 2 is 2.10 bits per heavy atom. The third kappa shape index (κ3) is 4.02. The van der Waals surface area contributed by atoms with Crippen molar-refractivity contribution in [3.8, 4) is 11.5 Å². The van der Waals surface area contributed by atoms with E-state index in [4.69, 9.17) is 19.3 Å². The molecular weight excluding hydrogens is 268 g/mol. The molecular formula is C12H14N2O6. The maximum atomic E-state index is 11.5. The molecule has 0 saturated carbocycles. The molecule has 0 radical (unpaired) electrons. The van der Waals surface area contributed by atoms with Gasteiger partial charge in [0.05, 0.1) is 6.61 Å². The zero-order valence-electron chi connectivity index (χ0n) is 10.5. The lowest BCUT2D eigenvalue weighted by atomic mass is 10.3. The average Bonchev–Trinajstić information content (AvgIpc) is 2.85. The largest absolute Gasteiger partial charge is 0.480 e. The molecule has 0 bridgehead atoms. The van der Waals surface area contributed by atoms with Crippen molar-refractivity contribution in [2.75, 3.05) is 31.9 Å². The molecule has 0 aliphatic carbocycles. The van der Waals surface area contributed by atoms with E-state index < -0.39 is 12.0 Å². The maximum absolute atomic E-state index is 11.5. The molecule has 0 fully saturated rings. The normalized spacial score (nSPS) is 12.0. The van der Waals surface area contributed by atoms with Crippen molar-refractivity contribution in [2.24, 2.45) is 0 Å². The Bertz CT molecular complexity index is 505. The fourth-order valence-corrected chi connectivity index (χ4v) is 1.55. The number of amides is 2. The highest BCUT2D eigenvalue weighted by Crippen LogP contribution is 2.34. The summed E-state index contributed by atoms with van der Waals surface area (Å²) >= 11 is 0. The van der Waals surface area contributed by atoms with Crippen molar-refractivity contribution in [2.45, 2.75) is 0 Å². The molecule has 0 saturated heterocycles. The first-order valence-corrected chi connectivity index (χ1v) is 5.89. The van der Waals surface area contributed by atoms with Crippen LogP contribution in [0.2, 0.25) is 0 Å². The summed E-state index contributed by atoms with van der Waals surface area (Å²) < 4.78 is 15.1. The fourth-order valence-electron chi connectivity index (χ4n) is 1.55. The summed E-state index contributed by atoms with van der Waals surface area (Å²) in [7, 11) is 0. The highest BCUT2D eigenvalue weighted by Gasteiger charge is 2.13. The van der Waals surface area contributed by atoms with Gasteiger partial charge in [0.25, 0.3) is 0 Å². The van der Waals surface area contributed by atoms with Crippen LogP contribution in [0.15, 0.2) is 18.2 Å². The van der Waals surface area contributed by atoms with E-state index in [1.807, 2.05) is 0 Å². The molecule has 2 rings (SSSR count). The number of carbonyl (C=O) groups is 2. The predicted molar refractivity (Wildman–Crippen MR) is 68.0 cm³/mol. The van der Waals surface area contributed by atoms with Gasteiger partial charge in [0.15, 0.2) is 11.5 Å². The summed E-state index contributed by atoms with van der Waals surface area (Å²) in [5.74, 6) is 0.167. The minimum Gasteiger partial charge on any atom is -0.480 e. The Hall–Kier alpha value is -2.48. The lowest BCUT2D eigenvalue weighted by Gasteiger charge is -2.08. The molecule has 108 valence electrons. The molecule has 1 aromatic carbocycles. The van der Waals surface area contributed by atoms with Crippen LogP contribution in [-0.4, -0.2) is 43.7 Å². The molecule has 0 atom stereocenters. The van der Waals surface area contributed by atoms with Gasteiger partial charge >= 0.3 is 12.0 Å². The smallest absolute Gasteiger partial charge is 0.329 e. The Balaban J connectivity index is 1.70. The maximum Gasteiger partial charge on any atom is 0.329 e. The van der Waals surface area contributed by atoms with Gasteiger partial charge in [0.1, 0.15) is 6.61 Å². The van der Waals surface area contributed by atoms with Crippen LogP contribution < -0.4 is 20.1 Å². The number of ether oxygens (including phenoxy) is 3. The van der Waals surface area contributed by atoms with Gasteiger partial charge in [-0.2, -0.15) is 0 Å². The number of anilines is 1. The van der Waals surface area contributed by atoms with Crippen LogP contribution in [0.1, 0.15) is 0 Å².